The number of sulfone groups is 1. The molecule has 0 aliphatic carbocycles. The second kappa shape index (κ2) is 5.45. The third kappa shape index (κ3) is 4.60. The van der Waals surface area contributed by atoms with Crippen LogP contribution in [0.1, 0.15) is 12.8 Å². The maximum absolute atomic E-state index is 11.3. The van der Waals surface area contributed by atoms with Gasteiger partial charge in [-0.25, -0.2) is 8.42 Å². The van der Waals surface area contributed by atoms with Gasteiger partial charge in [0.2, 0.25) is 0 Å². The summed E-state index contributed by atoms with van der Waals surface area (Å²) in [6, 6.07) is 1.53. The lowest BCUT2D eigenvalue weighted by Crippen LogP contribution is -2.32. The molecule has 6 heteroatoms. The van der Waals surface area contributed by atoms with E-state index in [2.05, 4.69) is 4.90 Å². The van der Waals surface area contributed by atoms with Crippen molar-refractivity contribution in [3.8, 4) is 6.07 Å². The third-order valence-electron chi connectivity index (χ3n) is 2.57. The summed E-state index contributed by atoms with van der Waals surface area (Å²) in [7, 11) is -2.83. The lowest BCUT2D eigenvalue weighted by atomic mass is 10.2. The number of nitriles is 1. The first kappa shape index (κ1) is 12.4. The monoisotopic (exact) mass is 231 g/mol. The molecule has 0 spiro atoms. The number of hydrogen-bond acceptors (Lipinski definition) is 5. The fourth-order valence-corrected chi connectivity index (χ4v) is 2.91. The van der Waals surface area contributed by atoms with Gasteiger partial charge in [-0.2, -0.15) is 5.26 Å². The maximum atomic E-state index is 11.3. The van der Waals surface area contributed by atoms with E-state index in [0.29, 0.717) is 25.9 Å². The number of nitrogens with zero attached hydrogens (tertiary/aromatic N) is 2. The number of hydrogen-bond donors (Lipinski definition) is 1. The molecule has 2 N–H and O–H groups in total. The lowest BCUT2D eigenvalue weighted by molar-refractivity contribution is 0.288. The molecule has 0 bridgehead atoms. The van der Waals surface area contributed by atoms with Crippen molar-refractivity contribution < 1.29 is 8.42 Å². The second-order valence-electron chi connectivity index (χ2n) is 3.87. The van der Waals surface area contributed by atoms with Crippen LogP contribution >= 0.6 is 0 Å². The van der Waals surface area contributed by atoms with Crippen LogP contribution in [-0.2, 0) is 9.84 Å². The average molecular weight is 231 g/mol. The van der Waals surface area contributed by atoms with Crippen molar-refractivity contribution in [3.63, 3.8) is 0 Å². The van der Waals surface area contributed by atoms with Crippen molar-refractivity contribution >= 4 is 9.84 Å². The molecule has 5 nitrogen and oxygen atoms in total. The van der Waals surface area contributed by atoms with Crippen LogP contribution in [0.4, 0.5) is 0 Å². The summed E-state index contributed by atoms with van der Waals surface area (Å²) in [6.07, 6.45) is 1.29. The first-order chi connectivity index (χ1) is 7.03. The van der Waals surface area contributed by atoms with Gasteiger partial charge >= 0.3 is 0 Å². The summed E-state index contributed by atoms with van der Waals surface area (Å²) in [4.78, 5) is 2.07. The van der Waals surface area contributed by atoms with Crippen molar-refractivity contribution in [2.24, 2.45) is 5.73 Å². The van der Waals surface area contributed by atoms with Crippen molar-refractivity contribution in [2.75, 3.05) is 31.1 Å². The summed E-state index contributed by atoms with van der Waals surface area (Å²) < 4.78 is 22.6. The van der Waals surface area contributed by atoms with Gasteiger partial charge < -0.3 is 10.6 Å². The predicted molar refractivity (Wildman–Crippen MR) is 57.9 cm³/mol. The van der Waals surface area contributed by atoms with Gasteiger partial charge in [0.25, 0.3) is 0 Å². The quantitative estimate of drug-likeness (QED) is 0.697. The van der Waals surface area contributed by atoms with E-state index in [1.54, 1.807) is 0 Å². The molecule has 15 heavy (non-hydrogen) atoms. The van der Waals surface area contributed by atoms with Crippen molar-refractivity contribution in [2.45, 2.75) is 18.9 Å². The van der Waals surface area contributed by atoms with Crippen LogP contribution in [0.2, 0.25) is 0 Å². The van der Waals surface area contributed by atoms with Gasteiger partial charge in [0, 0.05) is 13.1 Å². The average Bonchev–Trinajstić information content (AvgIpc) is 2.36. The van der Waals surface area contributed by atoms with E-state index in [9.17, 15) is 8.42 Å². The van der Waals surface area contributed by atoms with E-state index >= 15 is 0 Å². The summed E-state index contributed by atoms with van der Waals surface area (Å²) in [5, 5.41) is 8.51. The standard InChI is InChI=1S/C9H17N3O2S/c10-8-9(11)2-4-12-3-1-6-15(13,14)7-5-12/h9H,1-7,11H2. The van der Waals surface area contributed by atoms with E-state index in [4.69, 9.17) is 11.0 Å². The number of rotatable bonds is 3. The van der Waals surface area contributed by atoms with Crippen LogP contribution in [0.3, 0.4) is 0 Å². The Morgan fingerprint density at radius 3 is 2.80 bits per heavy atom. The largest absolute Gasteiger partial charge is 0.316 e. The minimum Gasteiger partial charge on any atom is -0.316 e. The molecule has 1 atom stereocenters. The van der Waals surface area contributed by atoms with Crippen LogP contribution in [-0.4, -0.2) is 50.5 Å². The van der Waals surface area contributed by atoms with E-state index < -0.39 is 15.9 Å². The zero-order valence-electron chi connectivity index (χ0n) is 8.72. The van der Waals surface area contributed by atoms with E-state index in [-0.39, 0.29) is 11.5 Å². The maximum Gasteiger partial charge on any atom is 0.151 e. The minimum atomic E-state index is -2.83. The van der Waals surface area contributed by atoms with Crippen molar-refractivity contribution in [3.05, 3.63) is 0 Å². The van der Waals surface area contributed by atoms with E-state index in [0.717, 1.165) is 6.54 Å². The SMILES string of the molecule is N#CC(N)CCN1CCCS(=O)(=O)CC1. The smallest absolute Gasteiger partial charge is 0.151 e. The van der Waals surface area contributed by atoms with Crippen LogP contribution in [0, 0.1) is 11.3 Å². The Labute approximate surface area is 90.8 Å². The topological polar surface area (TPSA) is 87.2 Å². The molecule has 1 saturated heterocycles. The molecule has 0 radical (unpaired) electrons. The fourth-order valence-electron chi connectivity index (χ4n) is 1.60. The van der Waals surface area contributed by atoms with Crippen LogP contribution in [0.5, 0.6) is 0 Å². The highest BCUT2D eigenvalue weighted by atomic mass is 32.2. The molecular formula is C9H17N3O2S. The molecular weight excluding hydrogens is 214 g/mol. The zero-order valence-corrected chi connectivity index (χ0v) is 9.54. The predicted octanol–water partition coefficient (Wildman–Crippen LogP) is -0.652. The van der Waals surface area contributed by atoms with Gasteiger partial charge in [0.05, 0.1) is 23.6 Å². The molecule has 1 unspecified atom stereocenters. The van der Waals surface area contributed by atoms with Crippen LogP contribution < -0.4 is 5.73 Å². The summed E-state index contributed by atoms with van der Waals surface area (Å²) in [5.74, 6) is 0.516. The molecule has 0 saturated carbocycles. The summed E-state index contributed by atoms with van der Waals surface area (Å²) in [6.45, 7) is 2.07. The van der Waals surface area contributed by atoms with Gasteiger partial charge in [-0.15, -0.1) is 0 Å². The molecule has 1 heterocycles. The fraction of sp³-hybridized carbons (Fsp3) is 0.889. The zero-order chi connectivity index (χ0) is 11.3. The number of nitrogens with two attached hydrogens (primary N) is 1. The van der Waals surface area contributed by atoms with Gasteiger partial charge in [-0.3, -0.25) is 0 Å². The Morgan fingerprint density at radius 2 is 2.13 bits per heavy atom. The molecule has 0 aromatic heterocycles. The lowest BCUT2D eigenvalue weighted by Gasteiger charge is -2.19. The molecule has 86 valence electrons. The van der Waals surface area contributed by atoms with Crippen LogP contribution in [0.25, 0.3) is 0 Å². The Hall–Kier alpha value is -0.640. The summed E-state index contributed by atoms with van der Waals surface area (Å²) in [5.41, 5.74) is 5.48. The van der Waals surface area contributed by atoms with Gasteiger partial charge in [0.15, 0.2) is 9.84 Å². The third-order valence-corrected chi connectivity index (χ3v) is 4.29. The molecule has 0 aromatic rings. The van der Waals surface area contributed by atoms with Gasteiger partial charge in [0.1, 0.15) is 0 Å². The molecule has 0 amide bonds. The molecule has 1 aliphatic rings. The van der Waals surface area contributed by atoms with Crippen molar-refractivity contribution in [1.82, 2.24) is 4.90 Å². The molecule has 1 fully saturated rings. The van der Waals surface area contributed by atoms with Crippen molar-refractivity contribution in [1.29, 1.82) is 5.26 Å². The first-order valence-corrected chi connectivity index (χ1v) is 6.93. The second-order valence-corrected chi connectivity index (χ2v) is 6.17. The summed E-state index contributed by atoms with van der Waals surface area (Å²) >= 11 is 0. The Balaban J connectivity index is 2.36. The van der Waals surface area contributed by atoms with E-state index in [1.165, 1.54) is 0 Å². The van der Waals surface area contributed by atoms with Crippen LogP contribution in [0.15, 0.2) is 0 Å². The Bertz CT molecular complexity index is 334. The normalized spacial score (nSPS) is 24.0. The van der Waals surface area contributed by atoms with E-state index in [1.807, 2.05) is 6.07 Å². The Kier molecular flexibility index (Phi) is 4.51. The van der Waals surface area contributed by atoms with Gasteiger partial charge in [-0.05, 0) is 19.4 Å². The first-order valence-electron chi connectivity index (χ1n) is 5.11. The molecule has 1 aliphatic heterocycles. The highest BCUT2D eigenvalue weighted by Crippen LogP contribution is 2.05. The molecule has 1 rings (SSSR count). The minimum absolute atomic E-state index is 0.231. The highest BCUT2D eigenvalue weighted by molar-refractivity contribution is 7.91. The molecule has 0 aromatic carbocycles. The van der Waals surface area contributed by atoms with Gasteiger partial charge in [-0.1, -0.05) is 0 Å². The highest BCUT2D eigenvalue weighted by Gasteiger charge is 2.19. The Morgan fingerprint density at radius 1 is 1.40 bits per heavy atom.